The van der Waals surface area contributed by atoms with E-state index >= 15 is 0 Å². The zero-order valence-electron chi connectivity index (χ0n) is 10.0. The molecule has 7 nitrogen and oxygen atoms in total. The van der Waals surface area contributed by atoms with E-state index in [1.807, 2.05) is 0 Å². The molecule has 94 valence electrons. The van der Waals surface area contributed by atoms with Crippen LogP contribution in [0.4, 0.5) is 0 Å². The van der Waals surface area contributed by atoms with Crippen LogP contribution in [-0.4, -0.2) is 43.6 Å². The summed E-state index contributed by atoms with van der Waals surface area (Å²) >= 11 is 0. The third-order valence-electron chi connectivity index (χ3n) is 1.87. The first-order chi connectivity index (χ1) is 8.67. The molecule has 0 N–H and O–H groups in total. The van der Waals surface area contributed by atoms with E-state index in [-0.39, 0.29) is 23.1 Å². The van der Waals surface area contributed by atoms with Gasteiger partial charge in [-0.05, 0) is 5.92 Å². The van der Waals surface area contributed by atoms with Gasteiger partial charge >= 0.3 is 12.0 Å². The number of ether oxygens (including phenoxy) is 3. The highest BCUT2D eigenvalue weighted by atomic mass is 16.5. The monoisotopic (exact) mass is 250 g/mol. The van der Waals surface area contributed by atoms with Gasteiger partial charge in [-0.15, -0.1) is 0 Å². The molecule has 0 radical (unpaired) electrons. The van der Waals surface area contributed by atoms with Gasteiger partial charge in [0.1, 0.15) is 5.56 Å². The normalized spacial score (nSPS) is 8.83. The first-order valence-corrected chi connectivity index (χ1v) is 4.71. The molecular formula is C11H10N2O5. The number of hydrogen-bond donors (Lipinski definition) is 0. The molecule has 0 saturated carbocycles. The molecule has 1 aromatic heterocycles. The van der Waals surface area contributed by atoms with Gasteiger partial charge in [0.15, 0.2) is 12.0 Å². The van der Waals surface area contributed by atoms with Crippen molar-refractivity contribution in [2.24, 2.45) is 0 Å². The molecule has 18 heavy (non-hydrogen) atoms. The van der Waals surface area contributed by atoms with Crippen LogP contribution in [0.5, 0.6) is 11.9 Å². The topological polar surface area (TPSA) is 87.6 Å². The Kier molecular flexibility index (Phi) is 4.63. The second-order valence-corrected chi connectivity index (χ2v) is 2.82. The number of aldehydes is 1. The average molecular weight is 250 g/mol. The van der Waals surface area contributed by atoms with Crippen LogP contribution in [-0.2, 0) is 9.53 Å². The van der Waals surface area contributed by atoms with Gasteiger partial charge in [-0.1, -0.05) is 5.92 Å². The van der Waals surface area contributed by atoms with Gasteiger partial charge in [-0.2, -0.15) is 9.97 Å². The number of esters is 1. The van der Waals surface area contributed by atoms with Gasteiger partial charge in [-0.3, -0.25) is 4.79 Å². The summed E-state index contributed by atoms with van der Waals surface area (Å²) in [4.78, 5) is 29.5. The van der Waals surface area contributed by atoms with Crippen molar-refractivity contribution in [3.8, 4) is 23.7 Å². The molecule has 0 unspecified atom stereocenters. The summed E-state index contributed by atoms with van der Waals surface area (Å²) < 4.78 is 14.3. The summed E-state index contributed by atoms with van der Waals surface area (Å²) in [5.41, 5.74) is -0.0622. The fourth-order valence-corrected chi connectivity index (χ4v) is 1.12. The van der Waals surface area contributed by atoms with Gasteiger partial charge < -0.3 is 14.2 Å². The van der Waals surface area contributed by atoms with Crippen molar-refractivity contribution in [1.29, 1.82) is 0 Å². The molecule has 1 heterocycles. The molecule has 1 aromatic rings. The van der Waals surface area contributed by atoms with Gasteiger partial charge in [0.05, 0.1) is 21.3 Å². The smallest absolute Gasteiger partial charge is 0.358 e. The number of carbonyl (C=O) groups is 2. The molecule has 0 atom stereocenters. The summed E-state index contributed by atoms with van der Waals surface area (Å²) in [6.07, 6.45) is 0.380. The molecule has 0 saturated heterocycles. The summed E-state index contributed by atoms with van der Waals surface area (Å²) in [5.74, 6) is 3.87. The van der Waals surface area contributed by atoms with Crippen molar-refractivity contribution in [3.63, 3.8) is 0 Å². The van der Waals surface area contributed by atoms with Gasteiger partial charge in [-0.25, -0.2) is 4.79 Å². The molecule has 0 aliphatic heterocycles. The Balaban J connectivity index is 3.51. The third-order valence-corrected chi connectivity index (χ3v) is 1.87. The predicted molar refractivity (Wildman–Crippen MR) is 59.4 cm³/mol. The zero-order chi connectivity index (χ0) is 13.5. The molecule has 0 aliphatic carbocycles. The van der Waals surface area contributed by atoms with E-state index in [2.05, 4.69) is 26.5 Å². The van der Waals surface area contributed by atoms with Crippen molar-refractivity contribution in [1.82, 2.24) is 9.97 Å². The minimum Gasteiger partial charge on any atom is -0.480 e. The maximum absolute atomic E-state index is 11.6. The van der Waals surface area contributed by atoms with Gasteiger partial charge in [0.25, 0.3) is 0 Å². The second kappa shape index (κ2) is 6.20. The molecule has 1 rings (SSSR count). The maximum atomic E-state index is 11.6. The number of aromatic nitrogens is 2. The van der Waals surface area contributed by atoms with Gasteiger partial charge in [0.2, 0.25) is 5.88 Å². The van der Waals surface area contributed by atoms with E-state index in [9.17, 15) is 9.59 Å². The largest absolute Gasteiger partial charge is 0.480 e. The highest BCUT2D eigenvalue weighted by Crippen LogP contribution is 2.21. The van der Waals surface area contributed by atoms with Crippen LogP contribution in [0, 0.1) is 11.8 Å². The number of carbonyl (C=O) groups excluding carboxylic acids is 2. The summed E-state index contributed by atoms with van der Waals surface area (Å²) in [7, 11) is 3.88. The van der Waals surface area contributed by atoms with Crippen molar-refractivity contribution < 1.29 is 23.8 Å². The number of hydrogen-bond acceptors (Lipinski definition) is 7. The molecule has 0 amide bonds. The van der Waals surface area contributed by atoms with E-state index in [1.54, 1.807) is 0 Å². The highest BCUT2D eigenvalue weighted by Gasteiger charge is 2.20. The lowest BCUT2D eigenvalue weighted by molar-refractivity contribution is -0.103. The first kappa shape index (κ1) is 13.4. The van der Waals surface area contributed by atoms with E-state index in [0.29, 0.717) is 6.29 Å². The molecule has 7 heteroatoms. The van der Waals surface area contributed by atoms with Crippen LogP contribution in [0.15, 0.2) is 0 Å². The molecule has 0 aromatic carbocycles. The first-order valence-electron chi connectivity index (χ1n) is 4.71. The number of methoxy groups -OCH3 is 3. The van der Waals surface area contributed by atoms with E-state index in [1.165, 1.54) is 21.3 Å². The van der Waals surface area contributed by atoms with Crippen LogP contribution in [0.3, 0.4) is 0 Å². The Hall–Kier alpha value is -2.62. The van der Waals surface area contributed by atoms with Crippen molar-refractivity contribution >= 4 is 12.3 Å². The van der Waals surface area contributed by atoms with Crippen LogP contribution >= 0.6 is 0 Å². The van der Waals surface area contributed by atoms with Crippen LogP contribution < -0.4 is 9.47 Å². The number of rotatable bonds is 3. The Morgan fingerprint density at radius 1 is 1.22 bits per heavy atom. The summed E-state index contributed by atoms with van der Waals surface area (Å²) in [6.45, 7) is 0. The van der Waals surface area contributed by atoms with E-state index in [0.717, 1.165) is 0 Å². The summed E-state index contributed by atoms with van der Waals surface area (Å²) in [5, 5.41) is 0. The van der Waals surface area contributed by atoms with Gasteiger partial charge in [0, 0.05) is 0 Å². The lowest BCUT2D eigenvalue weighted by Gasteiger charge is -2.08. The Morgan fingerprint density at radius 3 is 2.44 bits per heavy atom. The lowest BCUT2D eigenvalue weighted by Crippen LogP contribution is -2.11. The van der Waals surface area contributed by atoms with E-state index < -0.39 is 5.97 Å². The molecule has 0 fully saturated rings. The maximum Gasteiger partial charge on any atom is 0.358 e. The fourth-order valence-electron chi connectivity index (χ4n) is 1.12. The minimum atomic E-state index is -0.732. The quantitative estimate of drug-likeness (QED) is 0.418. The SMILES string of the molecule is COC(=O)c1nc(OC)nc(OC)c1C#CC=O. The Labute approximate surface area is 103 Å². The number of nitrogens with zero attached hydrogens (tertiary/aromatic N) is 2. The lowest BCUT2D eigenvalue weighted by atomic mass is 10.2. The van der Waals surface area contributed by atoms with Crippen LogP contribution in [0.2, 0.25) is 0 Å². The Bertz CT molecular complexity index is 530. The van der Waals surface area contributed by atoms with Crippen LogP contribution in [0.1, 0.15) is 16.1 Å². The minimum absolute atomic E-state index is 0.0246. The van der Waals surface area contributed by atoms with E-state index in [4.69, 9.17) is 9.47 Å². The molecule has 0 spiro atoms. The Morgan fingerprint density at radius 2 is 1.94 bits per heavy atom. The van der Waals surface area contributed by atoms with Crippen molar-refractivity contribution in [3.05, 3.63) is 11.3 Å². The zero-order valence-corrected chi connectivity index (χ0v) is 10.0. The highest BCUT2D eigenvalue weighted by molar-refractivity contribution is 5.91. The predicted octanol–water partition coefficient (Wildman–Crippen LogP) is -0.169. The molecule has 0 bridgehead atoms. The molecule has 0 aliphatic rings. The fraction of sp³-hybridized carbons (Fsp3) is 0.273. The summed E-state index contributed by atoms with van der Waals surface area (Å²) in [6, 6.07) is -0.0658. The molecular weight excluding hydrogens is 240 g/mol. The second-order valence-electron chi connectivity index (χ2n) is 2.82. The third kappa shape index (κ3) is 2.74. The standard InChI is InChI=1S/C11H10N2O5/c1-16-9-7(5-4-6-14)8(10(15)17-2)12-11(13-9)18-3/h6H,1-3H3. The average Bonchev–Trinajstić information content (AvgIpc) is 2.43. The van der Waals surface area contributed by atoms with Crippen molar-refractivity contribution in [2.45, 2.75) is 0 Å². The van der Waals surface area contributed by atoms with Crippen molar-refractivity contribution in [2.75, 3.05) is 21.3 Å². The van der Waals surface area contributed by atoms with Crippen LogP contribution in [0.25, 0.3) is 0 Å².